The Morgan fingerprint density at radius 3 is 2.33 bits per heavy atom. The third-order valence-corrected chi connectivity index (χ3v) is 7.01. The zero-order valence-corrected chi connectivity index (χ0v) is 27.5. The Labute approximate surface area is 276 Å². The van der Waals surface area contributed by atoms with E-state index in [0.29, 0.717) is 22.1 Å². The number of rotatable bonds is 13. The molecule has 1 atom stereocenters. The number of anilines is 2. The first-order valence-electron chi connectivity index (χ1n) is 15.3. The number of nitrogens with one attached hydrogen (secondary N) is 2. The zero-order chi connectivity index (χ0) is 35.2. The highest BCUT2D eigenvalue weighted by molar-refractivity contribution is 5.95. The van der Waals surface area contributed by atoms with Gasteiger partial charge in [-0.15, -0.1) is 0 Å². The Morgan fingerprint density at radius 2 is 1.67 bits per heavy atom. The van der Waals surface area contributed by atoms with E-state index in [0.717, 1.165) is 5.56 Å². The van der Waals surface area contributed by atoms with Crippen LogP contribution < -0.4 is 30.6 Å². The third kappa shape index (κ3) is 8.20. The molecule has 4 aromatic rings. The lowest BCUT2D eigenvalue weighted by Gasteiger charge is -2.35. The standard InChI is InChI=1S/C35H39F3N4O6/c1-7-45-29-18-25(11-14-28(29)46-20(2)3)34(48-33(44)35(36,37)38,42-26-12-13-27-23(17-26)15-16-40-31(27)39)32(43)41-19-24-10-8-9-22(6)30(24)47-21(4)5/h8-18,20-21,42H,7,19H2,1-6H3,(H2,39,40)(H,41,43). The molecule has 0 spiro atoms. The summed E-state index contributed by atoms with van der Waals surface area (Å²) in [5.74, 6) is -2.57. The summed E-state index contributed by atoms with van der Waals surface area (Å²) in [5.41, 5.74) is 4.53. The number of ether oxygens (including phenoxy) is 4. The van der Waals surface area contributed by atoms with Gasteiger partial charge in [0.05, 0.1) is 18.8 Å². The van der Waals surface area contributed by atoms with Gasteiger partial charge in [0.15, 0.2) is 11.5 Å². The maximum absolute atomic E-state index is 14.4. The molecule has 0 aliphatic carbocycles. The average Bonchev–Trinajstić information content (AvgIpc) is 3.01. The summed E-state index contributed by atoms with van der Waals surface area (Å²) < 4.78 is 64.5. The number of nitrogens with zero attached hydrogens (tertiary/aromatic N) is 1. The van der Waals surface area contributed by atoms with E-state index in [1.165, 1.54) is 30.5 Å². The average molecular weight is 669 g/mol. The van der Waals surface area contributed by atoms with E-state index in [4.69, 9.17) is 24.7 Å². The number of aromatic nitrogens is 1. The van der Waals surface area contributed by atoms with Crippen LogP contribution in [-0.2, 0) is 26.6 Å². The van der Waals surface area contributed by atoms with Crippen molar-refractivity contribution in [3.8, 4) is 17.2 Å². The molecule has 1 unspecified atom stereocenters. The van der Waals surface area contributed by atoms with Crippen molar-refractivity contribution in [2.24, 2.45) is 0 Å². The Hall–Kier alpha value is -5.20. The molecule has 1 heterocycles. The number of para-hydroxylation sites is 1. The van der Waals surface area contributed by atoms with Crippen LogP contribution in [-0.4, -0.2) is 41.9 Å². The van der Waals surface area contributed by atoms with E-state index in [1.807, 2.05) is 26.8 Å². The van der Waals surface area contributed by atoms with Crippen molar-refractivity contribution in [1.29, 1.82) is 0 Å². The van der Waals surface area contributed by atoms with Gasteiger partial charge in [0.2, 0.25) is 0 Å². The van der Waals surface area contributed by atoms with Crippen LogP contribution in [0.15, 0.2) is 66.9 Å². The third-order valence-electron chi connectivity index (χ3n) is 7.01. The largest absolute Gasteiger partial charge is 0.491 e. The summed E-state index contributed by atoms with van der Waals surface area (Å²) in [5, 5.41) is 6.61. The molecule has 256 valence electrons. The minimum Gasteiger partial charge on any atom is -0.490 e. The van der Waals surface area contributed by atoms with Crippen LogP contribution in [0.1, 0.15) is 51.3 Å². The molecule has 1 aromatic heterocycles. The van der Waals surface area contributed by atoms with Gasteiger partial charge in [0.25, 0.3) is 11.6 Å². The van der Waals surface area contributed by atoms with Gasteiger partial charge in [0.1, 0.15) is 11.6 Å². The first-order valence-corrected chi connectivity index (χ1v) is 15.3. The van der Waals surface area contributed by atoms with Crippen molar-refractivity contribution in [2.45, 2.75) is 72.2 Å². The number of nitrogen functional groups attached to an aromatic ring is 1. The Bertz CT molecular complexity index is 1780. The number of esters is 1. The second kappa shape index (κ2) is 14.7. The van der Waals surface area contributed by atoms with Crippen molar-refractivity contribution >= 4 is 34.2 Å². The quantitative estimate of drug-likeness (QED) is 0.104. The number of aryl methyl sites for hydroxylation is 1. The number of fused-ring (bicyclic) bond motifs is 1. The number of carbonyl (C=O) groups is 2. The number of benzene rings is 3. The highest BCUT2D eigenvalue weighted by Crippen LogP contribution is 2.38. The topological polar surface area (TPSA) is 134 Å². The first kappa shape index (κ1) is 35.7. The SMILES string of the molecule is CCOc1cc(C(Nc2ccc3c(N)nccc3c2)(OC(=O)C(F)(F)F)C(=O)NCc2cccc(C)c2OC(C)C)ccc1OC(C)C. The molecular formula is C35H39F3N4O6. The molecule has 4 N–H and O–H groups in total. The van der Waals surface area contributed by atoms with E-state index in [2.05, 4.69) is 15.6 Å². The Kier molecular flexibility index (Phi) is 10.9. The van der Waals surface area contributed by atoms with Gasteiger partial charge in [-0.25, -0.2) is 9.78 Å². The second-order valence-corrected chi connectivity index (χ2v) is 11.5. The van der Waals surface area contributed by atoms with E-state index in [1.54, 1.807) is 51.1 Å². The summed E-state index contributed by atoms with van der Waals surface area (Å²) in [4.78, 5) is 31.1. The Morgan fingerprint density at radius 1 is 0.938 bits per heavy atom. The fourth-order valence-electron chi connectivity index (χ4n) is 4.97. The van der Waals surface area contributed by atoms with Crippen LogP contribution in [0.4, 0.5) is 24.7 Å². The smallest absolute Gasteiger partial charge is 0.490 e. The summed E-state index contributed by atoms with van der Waals surface area (Å²) in [7, 11) is 0. The van der Waals surface area contributed by atoms with E-state index in [9.17, 15) is 22.8 Å². The highest BCUT2D eigenvalue weighted by atomic mass is 19.4. The number of amides is 1. The zero-order valence-electron chi connectivity index (χ0n) is 27.5. The van der Waals surface area contributed by atoms with Gasteiger partial charge in [-0.1, -0.05) is 18.2 Å². The minimum atomic E-state index is -5.45. The van der Waals surface area contributed by atoms with Crippen LogP contribution >= 0.6 is 0 Å². The fourth-order valence-corrected chi connectivity index (χ4v) is 4.97. The molecule has 4 rings (SSSR count). The maximum Gasteiger partial charge on any atom is 0.491 e. The van der Waals surface area contributed by atoms with Crippen LogP contribution in [0, 0.1) is 6.92 Å². The molecule has 0 saturated carbocycles. The van der Waals surface area contributed by atoms with Crippen LogP contribution in [0.3, 0.4) is 0 Å². The van der Waals surface area contributed by atoms with Crippen LogP contribution in [0.5, 0.6) is 17.2 Å². The number of halogens is 3. The molecule has 0 saturated heterocycles. The molecule has 48 heavy (non-hydrogen) atoms. The number of carbonyl (C=O) groups excluding carboxylic acids is 2. The molecule has 0 bridgehead atoms. The van der Waals surface area contributed by atoms with E-state index in [-0.39, 0.29) is 53.9 Å². The molecule has 0 radical (unpaired) electrons. The van der Waals surface area contributed by atoms with Crippen molar-refractivity contribution in [3.63, 3.8) is 0 Å². The van der Waals surface area contributed by atoms with Gasteiger partial charge in [-0.3, -0.25) is 4.79 Å². The second-order valence-electron chi connectivity index (χ2n) is 11.5. The van der Waals surface area contributed by atoms with Crippen molar-refractivity contribution < 1.29 is 41.7 Å². The maximum atomic E-state index is 14.4. The van der Waals surface area contributed by atoms with Crippen molar-refractivity contribution in [1.82, 2.24) is 10.3 Å². The van der Waals surface area contributed by atoms with Gasteiger partial charge < -0.3 is 35.3 Å². The predicted molar refractivity (Wildman–Crippen MR) is 176 cm³/mol. The highest BCUT2D eigenvalue weighted by Gasteiger charge is 2.52. The molecule has 1 amide bonds. The lowest BCUT2D eigenvalue weighted by molar-refractivity contribution is -0.213. The first-order chi connectivity index (χ1) is 22.6. The molecule has 0 aliphatic rings. The van der Waals surface area contributed by atoms with E-state index >= 15 is 0 Å². The van der Waals surface area contributed by atoms with E-state index < -0.39 is 23.8 Å². The van der Waals surface area contributed by atoms with Gasteiger partial charge in [0, 0.05) is 34.9 Å². The molecule has 0 fully saturated rings. The molecule has 13 heteroatoms. The van der Waals surface area contributed by atoms with Crippen molar-refractivity contribution in [2.75, 3.05) is 17.7 Å². The molecule has 3 aromatic carbocycles. The lowest BCUT2D eigenvalue weighted by atomic mass is 9.98. The monoisotopic (exact) mass is 668 g/mol. The number of hydrogen-bond donors (Lipinski definition) is 3. The van der Waals surface area contributed by atoms with Gasteiger partial charge >= 0.3 is 12.1 Å². The predicted octanol–water partition coefficient (Wildman–Crippen LogP) is 6.79. The number of nitrogens with two attached hydrogens (primary N) is 1. The minimum absolute atomic E-state index is 0.120. The summed E-state index contributed by atoms with van der Waals surface area (Å²) in [6.45, 7) is 10.8. The van der Waals surface area contributed by atoms with Crippen LogP contribution in [0.2, 0.25) is 0 Å². The number of hydrogen-bond acceptors (Lipinski definition) is 9. The normalized spacial score (nSPS) is 12.8. The number of alkyl halides is 3. The van der Waals surface area contributed by atoms with Gasteiger partial charge in [-0.2, -0.15) is 13.2 Å². The Balaban J connectivity index is 1.91. The number of pyridine rings is 1. The molecule has 0 aliphatic heterocycles. The lowest BCUT2D eigenvalue weighted by Crippen LogP contribution is -2.54. The summed E-state index contributed by atoms with van der Waals surface area (Å²) >= 11 is 0. The summed E-state index contributed by atoms with van der Waals surface area (Å²) in [6, 6.07) is 15.6. The molecular weight excluding hydrogens is 629 g/mol. The van der Waals surface area contributed by atoms with Gasteiger partial charge in [-0.05, 0) is 95.0 Å². The fraction of sp³-hybridized carbons (Fsp3) is 0.343. The van der Waals surface area contributed by atoms with Crippen molar-refractivity contribution in [3.05, 3.63) is 83.6 Å². The summed E-state index contributed by atoms with van der Waals surface area (Å²) in [6.07, 6.45) is -4.46. The van der Waals surface area contributed by atoms with Crippen LogP contribution in [0.25, 0.3) is 10.8 Å². The molecule has 10 nitrogen and oxygen atoms in total.